The lowest BCUT2D eigenvalue weighted by Gasteiger charge is -2.30. The first kappa shape index (κ1) is 18.5. The minimum atomic E-state index is -3.72. The monoisotopic (exact) mass is 444 g/mol. The fraction of sp³-hybridized carbons (Fsp3) is 0.294. The predicted octanol–water partition coefficient (Wildman–Crippen LogP) is 4.05. The molecule has 2 aromatic carbocycles. The number of aryl methyl sites for hydroxylation is 1. The number of rotatable bonds is 4. The second-order valence-electron chi connectivity index (χ2n) is 5.78. The molecule has 0 aliphatic carbocycles. The molecule has 1 N–H and O–H groups in total. The SMILES string of the molecule is Cc1cc(S(=O)(=O)Nc2cc(Cl)ccc2N2CCOCC2)ccc1Br. The fourth-order valence-corrected chi connectivity index (χ4v) is 4.23. The van der Waals surface area contributed by atoms with E-state index < -0.39 is 10.0 Å². The van der Waals surface area contributed by atoms with Gasteiger partial charge in [0.1, 0.15) is 0 Å². The van der Waals surface area contributed by atoms with Crippen molar-refractivity contribution < 1.29 is 13.2 Å². The van der Waals surface area contributed by atoms with E-state index in [0.717, 1.165) is 15.7 Å². The number of hydrogen-bond acceptors (Lipinski definition) is 4. The third-order valence-corrected chi connectivity index (χ3v) is 6.48. The van der Waals surface area contributed by atoms with E-state index in [-0.39, 0.29) is 4.90 Å². The number of sulfonamides is 1. The molecule has 0 spiro atoms. The van der Waals surface area contributed by atoms with E-state index in [4.69, 9.17) is 16.3 Å². The van der Waals surface area contributed by atoms with Gasteiger partial charge in [-0.15, -0.1) is 0 Å². The van der Waals surface area contributed by atoms with E-state index in [9.17, 15) is 8.42 Å². The van der Waals surface area contributed by atoms with Crippen LogP contribution in [-0.2, 0) is 14.8 Å². The molecular weight excluding hydrogens is 428 g/mol. The molecular formula is C17H18BrClN2O3S. The van der Waals surface area contributed by atoms with Gasteiger partial charge in [-0.2, -0.15) is 0 Å². The summed E-state index contributed by atoms with van der Waals surface area (Å²) in [5.41, 5.74) is 2.11. The fourth-order valence-electron chi connectivity index (χ4n) is 2.66. The molecule has 3 rings (SSSR count). The molecule has 1 aliphatic rings. The molecule has 5 nitrogen and oxygen atoms in total. The second-order valence-corrected chi connectivity index (χ2v) is 8.75. The number of nitrogens with one attached hydrogen (secondary N) is 1. The maximum absolute atomic E-state index is 12.8. The zero-order chi connectivity index (χ0) is 18.0. The summed E-state index contributed by atoms with van der Waals surface area (Å²) in [5.74, 6) is 0. The summed E-state index contributed by atoms with van der Waals surface area (Å²) in [5, 5.41) is 0.474. The van der Waals surface area contributed by atoms with E-state index in [1.54, 1.807) is 30.3 Å². The molecule has 0 aromatic heterocycles. The molecule has 0 amide bonds. The van der Waals surface area contributed by atoms with Crippen LogP contribution in [0.4, 0.5) is 11.4 Å². The van der Waals surface area contributed by atoms with Crippen molar-refractivity contribution >= 4 is 48.9 Å². The highest BCUT2D eigenvalue weighted by Crippen LogP contribution is 2.32. The molecule has 0 bridgehead atoms. The van der Waals surface area contributed by atoms with Crippen LogP contribution in [0.3, 0.4) is 0 Å². The van der Waals surface area contributed by atoms with Crippen molar-refractivity contribution in [3.8, 4) is 0 Å². The lowest BCUT2D eigenvalue weighted by Crippen LogP contribution is -2.36. The Morgan fingerprint density at radius 2 is 1.88 bits per heavy atom. The minimum absolute atomic E-state index is 0.209. The van der Waals surface area contributed by atoms with E-state index in [1.165, 1.54) is 0 Å². The summed E-state index contributed by atoms with van der Waals surface area (Å²) < 4.78 is 34.5. The maximum atomic E-state index is 12.8. The van der Waals surface area contributed by atoms with Gasteiger partial charge in [0.15, 0.2) is 0 Å². The van der Waals surface area contributed by atoms with Crippen LogP contribution in [0.15, 0.2) is 45.8 Å². The molecule has 0 atom stereocenters. The molecule has 1 fully saturated rings. The molecule has 1 aliphatic heterocycles. The van der Waals surface area contributed by atoms with Gasteiger partial charge in [0.25, 0.3) is 10.0 Å². The minimum Gasteiger partial charge on any atom is -0.378 e. The largest absolute Gasteiger partial charge is 0.378 e. The number of hydrogen-bond donors (Lipinski definition) is 1. The topological polar surface area (TPSA) is 58.6 Å². The van der Waals surface area contributed by atoms with Crippen molar-refractivity contribution in [2.45, 2.75) is 11.8 Å². The summed E-state index contributed by atoms with van der Waals surface area (Å²) >= 11 is 9.48. The summed E-state index contributed by atoms with van der Waals surface area (Å²) in [4.78, 5) is 2.30. The first-order chi connectivity index (χ1) is 11.9. The average Bonchev–Trinajstić information content (AvgIpc) is 2.58. The van der Waals surface area contributed by atoms with E-state index in [1.807, 2.05) is 13.0 Å². The summed E-state index contributed by atoms with van der Waals surface area (Å²) in [6, 6.07) is 10.1. The molecule has 1 saturated heterocycles. The molecule has 2 aromatic rings. The van der Waals surface area contributed by atoms with Crippen LogP contribution in [0.1, 0.15) is 5.56 Å². The van der Waals surface area contributed by atoms with E-state index in [2.05, 4.69) is 25.6 Å². The lowest BCUT2D eigenvalue weighted by molar-refractivity contribution is 0.123. The van der Waals surface area contributed by atoms with Gasteiger partial charge in [0.2, 0.25) is 0 Å². The van der Waals surface area contributed by atoms with Crippen molar-refractivity contribution in [1.29, 1.82) is 0 Å². The number of morpholine rings is 1. The third-order valence-electron chi connectivity index (χ3n) is 3.99. The molecule has 0 saturated carbocycles. The Balaban J connectivity index is 1.95. The van der Waals surface area contributed by atoms with E-state index in [0.29, 0.717) is 37.0 Å². The van der Waals surface area contributed by atoms with Gasteiger partial charge in [0.05, 0.1) is 29.5 Å². The maximum Gasteiger partial charge on any atom is 0.261 e. The Labute approximate surface area is 161 Å². The number of halogens is 2. The number of ether oxygens (including phenoxy) is 1. The van der Waals surface area contributed by atoms with E-state index >= 15 is 0 Å². The van der Waals surface area contributed by atoms with Crippen LogP contribution < -0.4 is 9.62 Å². The normalized spacial score (nSPS) is 15.2. The van der Waals surface area contributed by atoms with Gasteiger partial charge < -0.3 is 9.64 Å². The van der Waals surface area contributed by atoms with Crippen molar-refractivity contribution in [3.63, 3.8) is 0 Å². The Morgan fingerprint density at radius 1 is 1.16 bits per heavy atom. The quantitative estimate of drug-likeness (QED) is 0.771. The number of anilines is 2. The molecule has 25 heavy (non-hydrogen) atoms. The molecule has 0 radical (unpaired) electrons. The van der Waals surface area contributed by atoms with Crippen LogP contribution in [0.5, 0.6) is 0 Å². The van der Waals surface area contributed by atoms with Gasteiger partial charge in [-0.05, 0) is 48.9 Å². The summed E-state index contributed by atoms with van der Waals surface area (Å²) in [6.07, 6.45) is 0. The summed E-state index contributed by atoms with van der Waals surface area (Å²) in [6.45, 7) is 4.48. The highest BCUT2D eigenvalue weighted by atomic mass is 79.9. The van der Waals surface area contributed by atoms with Crippen molar-refractivity contribution in [2.75, 3.05) is 35.9 Å². The zero-order valence-electron chi connectivity index (χ0n) is 13.6. The predicted molar refractivity (Wildman–Crippen MR) is 104 cm³/mol. The van der Waals surface area contributed by atoms with Crippen molar-refractivity contribution in [3.05, 3.63) is 51.5 Å². The van der Waals surface area contributed by atoms with Crippen LogP contribution in [0.25, 0.3) is 0 Å². The molecule has 0 unspecified atom stereocenters. The van der Waals surface area contributed by atoms with Gasteiger partial charge in [-0.25, -0.2) is 8.42 Å². The van der Waals surface area contributed by atoms with Crippen LogP contribution >= 0.6 is 27.5 Å². The molecule has 134 valence electrons. The average molecular weight is 446 g/mol. The lowest BCUT2D eigenvalue weighted by atomic mass is 10.2. The number of nitrogens with zero attached hydrogens (tertiary/aromatic N) is 1. The van der Waals surface area contributed by atoms with Crippen molar-refractivity contribution in [1.82, 2.24) is 0 Å². The highest BCUT2D eigenvalue weighted by molar-refractivity contribution is 9.10. The third kappa shape index (κ3) is 4.28. The standard InChI is InChI=1S/C17H18BrClN2O3S/c1-12-10-14(3-4-15(12)18)25(22,23)20-16-11-13(19)2-5-17(16)21-6-8-24-9-7-21/h2-5,10-11,20H,6-9H2,1H3. The van der Waals surface area contributed by atoms with Crippen LogP contribution in [0.2, 0.25) is 5.02 Å². The highest BCUT2D eigenvalue weighted by Gasteiger charge is 2.20. The Morgan fingerprint density at radius 3 is 2.56 bits per heavy atom. The van der Waals surface area contributed by atoms with Gasteiger partial charge in [0, 0.05) is 22.6 Å². The zero-order valence-corrected chi connectivity index (χ0v) is 16.8. The van der Waals surface area contributed by atoms with Gasteiger partial charge >= 0.3 is 0 Å². The Hall–Kier alpha value is -1.28. The van der Waals surface area contributed by atoms with Crippen molar-refractivity contribution in [2.24, 2.45) is 0 Å². The molecule has 8 heteroatoms. The summed E-state index contributed by atoms with van der Waals surface area (Å²) in [7, 11) is -3.72. The van der Waals surface area contributed by atoms with Crippen LogP contribution in [0, 0.1) is 6.92 Å². The smallest absolute Gasteiger partial charge is 0.261 e. The first-order valence-electron chi connectivity index (χ1n) is 7.78. The Kier molecular flexibility index (Phi) is 5.58. The van der Waals surface area contributed by atoms with Crippen LogP contribution in [-0.4, -0.2) is 34.7 Å². The van der Waals surface area contributed by atoms with Gasteiger partial charge in [-0.1, -0.05) is 27.5 Å². The second kappa shape index (κ2) is 7.53. The number of benzene rings is 2. The Bertz CT molecular complexity index is 883. The van der Waals surface area contributed by atoms with Gasteiger partial charge in [-0.3, -0.25) is 4.72 Å². The molecule has 1 heterocycles. The first-order valence-corrected chi connectivity index (χ1v) is 10.4.